The van der Waals surface area contributed by atoms with Gasteiger partial charge in [-0.05, 0) is 11.6 Å². The van der Waals surface area contributed by atoms with Crippen LogP contribution in [0.4, 0.5) is 0 Å². The third-order valence-electron chi connectivity index (χ3n) is 2.42. The number of carboxylic acids is 1. The molecule has 5 heteroatoms. The zero-order valence-corrected chi connectivity index (χ0v) is 9.04. The quantitative estimate of drug-likeness (QED) is 0.839. The second-order valence-corrected chi connectivity index (χ2v) is 3.63. The Balaban J connectivity index is 2.37. The van der Waals surface area contributed by atoms with Crippen LogP contribution in [0.25, 0.3) is 11.5 Å². The highest BCUT2D eigenvalue weighted by atomic mass is 16.4. The first-order valence-corrected chi connectivity index (χ1v) is 5.14. The van der Waals surface area contributed by atoms with Gasteiger partial charge in [-0.2, -0.15) is 0 Å². The normalized spacial score (nSPS) is 12.3. The van der Waals surface area contributed by atoms with Gasteiger partial charge in [0.1, 0.15) is 6.26 Å². The van der Waals surface area contributed by atoms with E-state index in [2.05, 4.69) is 4.98 Å². The van der Waals surface area contributed by atoms with E-state index in [-0.39, 0.29) is 6.42 Å². The maximum Gasteiger partial charge on any atom is 0.305 e. The molecule has 5 nitrogen and oxygen atoms in total. The maximum atomic E-state index is 10.7. The average Bonchev–Trinajstić information content (AvgIpc) is 2.81. The van der Waals surface area contributed by atoms with Crippen molar-refractivity contribution in [1.82, 2.24) is 4.98 Å². The first-order chi connectivity index (χ1) is 8.18. The third kappa shape index (κ3) is 2.51. The fraction of sp³-hybridized carbons (Fsp3) is 0.167. The molecule has 2 rings (SSSR count). The molecule has 0 fully saturated rings. The number of hydrogen-bond acceptors (Lipinski definition) is 4. The van der Waals surface area contributed by atoms with Crippen LogP contribution in [0.5, 0.6) is 0 Å². The Bertz CT molecular complexity index is 508. The van der Waals surface area contributed by atoms with Crippen LogP contribution in [0, 0.1) is 0 Å². The van der Waals surface area contributed by atoms with Crippen LogP contribution >= 0.6 is 0 Å². The zero-order chi connectivity index (χ0) is 12.3. The number of aromatic nitrogens is 1. The molecule has 0 bridgehead atoms. The lowest BCUT2D eigenvalue weighted by Gasteiger charge is -2.12. The second-order valence-electron chi connectivity index (χ2n) is 3.63. The van der Waals surface area contributed by atoms with E-state index in [1.165, 1.54) is 12.5 Å². The molecule has 0 aliphatic heterocycles. The summed E-state index contributed by atoms with van der Waals surface area (Å²) in [6.45, 7) is 0. The standard InChI is InChI=1S/C12H12N2O3/c13-10(7-11(15)16)8-3-1-2-4-9(8)12-14-5-6-17-12/h1-6,10H,7,13H2,(H,15,16). The van der Waals surface area contributed by atoms with E-state index in [0.717, 1.165) is 11.1 Å². The van der Waals surface area contributed by atoms with Gasteiger partial charge in [-0.15, -0.1) is 0 Å². The average molecular weight is 232 g/mol. The molecule has 0 saturated carbocycles. The van der Waals surface area contributed by atoms with E-state index in [9.17, 15) is 4.79 Å². The molecule has 0 aliphatic rings. The molecule has 0 amide bonds. The molecule has 1 unspecified atom stereocenters. The monoisotopic (exact) mass is 232 g/mol. The van der Waals surface area contributed by atoms with Crippen molar-refractivity contribution in [3.05, 3.63) is 42.3 Å². The van der Waals surface area contributed by atoms with Crippen LogP contribution in [0.2, 0.25) is 0 Å². The van der Waals surface area contributed by atoms with E-state index in [1.54, 1.807) is 6.07 Å². The Hall–Kier alpha value is -2.14. The first kappa shape index (κ1) is 11.3. The number of hydrogen-bond donors (Lipinski definition) is 2. The summed E-state index contributed by atoms with van der Waals surface area (Å²) in [4.78, 5) is 14.7. The number of carboxylic acid groups (broad SMARTS) is 1. The number of nitrogens with two attached hydrogens (primary N) is 1. The Labute approximate surface area is 97.9 Å². The number of rotatable bonds is 4. The molecular weight excluding hydrogens is 220 g/mol. The molecule has 17 heavy (non-hydrogen) atoms. The van der Waals surface area contributed by atoms with Crippen molar-refractivity contribution in [2.45, 2.75) is 12.5 Å². The molecule has 1 aromatic carbocycles. The molecule has 3 N–H and O–H groups in total. The van der Waals surface area contributed by atoms with Crippen LogP contribution in [0.1, 0.15) is 18.0 Å². The van der Waals surface area contributed by atoms with Crippen molar-refractivity contribution in [3.63, 3.8) is 0 Å². The summed E-state index contributed by atoms with van der Waals surface area (Å²) in [7, 11) is 0. The summed E-state index contributed by atoms with van der Waals surface area (Å²) >= 11 is 0. The summed E-state index contributed by atoms with van der Waals surface area (Å²) in [6, 6.07) is 6.66. The van der Waals surface area contributed by atoms with Gasteiger partial charge in [-0.3, -0.25) is 4.79 Å². The van der Waals surface area contributed by atoms with E-state index in [0.29, 0.717) is 5.89 Å². The molecule has 88 valence electrons. The molecule has 0 spiro atoms. The molecule has 2 aromatic rings. The first-order valence-electron chi connectivity index (χ1n) is 5.14. The smallest absolute Gasteiger partial charge is 0.305 e. The SMILES string of the molecule is NC(CC(=O)O)c1ccccc1-c1ncco1. The third-order valence-corrected chi connectivity index (χ3v) is 2.42. The van der Waals surface area contributed by atoms with Crippen molar-refractivity contribution < 1.29 is 14.3 Å². The van der Waals surface area contributed by atoms with Gasteiger partial charge in [-0.1, -0.05) is 18.2 Å². The van der Waals surface area contributed by atoms with Gasteiger partial charge in [0.05, 0.1) is 12.6 Å². The molecule has 1 atom stereocenters. The summed E-state index contributed by atoms with van der Waals surface area (Å²) in [5.74, 6) is -0.485. The van der Waals surface area contributed by atoms with Gasteiger partial charge >= 0.3 is 5.97 Å². The fourth-order valence-electron chi connectivity index (χ4n) is 1.67. The highest BCUT2D eigenvalue weighted by Gasteiger charge is 2.16. The fourth-order valence-corrected chi connectivity index (χ4v) is 1.67. The van der Waals surface area contributed by atoms with Gasteiger partial charge in [0.25, 0.3) is 0 Å². The highest BCUT2D eigenvalue weighted by Crippen LogP contribution is 2.27. The maximum absolute atomic E-state index is 10.7. The number of oxazole rings is 1. The van der Waals surface area contributed by atoms with E-state index in [1.807, 2.05) is 18.2 Å². The molecule has 0 radical (unpaired) electrons. The van der Waals surface area contributed by atoms with Crippen molar-refractivity contribution >= 4 is 5.97 Å². The van der Waals surface area contributed by atoms with Crippen LogP contribution in [-0.2, 0) is 4.79 Å². The summed E-state index contributed by atoms with van der Waals surface area (Å²) in [6.07, 6.45) is 2.88. The van der Waals surface area contributed by atoms with Gasteiger partial charge in [0, 0.05) is 11.6 Å². The van der Waals surface area contributed by atoms with E-state index < -0.39 is 12.0 Å². The Morgan fingerprint density at radius 3 is 2.88 bits per heavy atom. The molecular formula is C12H12N2O3. The largest absolute Gasteiger partial charge is 0.481 e. The second kappa shape index (κ2) is 4.80. The Morgan fingerprint density at radius 2 is 2.24 bits per heavy atom. The predicted octanol–water partition coefficient (Wildman–Crippen LogP) is 1.82. The van der Waals surface area contributed by atoms with Crippen molar-refractivity contribution in [2.75, 3.05) is 0 Å². The predicted molar refractivity (Wildman–Crippen MR) is 61.1 cm³/mol. The lowest BCUT2D eigenvalue weighted by molar-refractivity contribution is -0.137. The van der Waals surface area contributed by atoms with Crippen LogP contribution in [0.3, 0.4) is 0 Å². The summed E-state index contributed by atoms with van der Waals surface area (Å²) in [5.41, 5.74) is 7.30. The number of nitrogens with zero attached hydrogens (tertiary/aromatic N) is 1. The van der Waals surface area contributed by atoms with Gasteiger partial charge in [0.2, 0.25) is 5.89 Å². The zero-order valence-electron chi connectivity index (χ0n) is 9.04. The molecule has 1 aromatic heterocycles. The van der Waals surface area contributed by atoms with Crippen molar-refractivity contribution in [1.29, 1.82) is 0 Å². The van der Waals surface area contributed by atoms with E-state index in [4.69, 9.17) is 15.3 Å². The summed E-state index contributed by atoms with van der Waals surface area (Å²) < 4.78 is 5.20. The van der Waals surface area contributed by atoms with Gasteiger partial charge < -0.3 is 15.3 Å². The van der Waals surface area contributed by atoms with E-state index >= 15 is 0 Å². The minimum Gasteiger partial charge on any atom is -0.481 e. The van der Waals surface area contributed by atoms with Crippen LogP contribution in [0.15, 0.2) is 41.1 Å². The lowest BCUT2D eigenvalue weighted by atomic mass is 9.98. The highest BCUT2D eigenvalue weighted by molar-refractivity contribution is 5.69. The minimum atomic E-state index is -0.931. The Morgan fingerprint density at radius 1 is 1.47 bits per heavy atom. The van der Waals surface area contributed by atoms with Crippen LogP contribution < -0.4 is 5.73 Å². The summed E-state index contributed by atoms with van der Waals surface area (Å²) in [5, 5.41) is 8.75. The van der Waals surface area contributed by atoms with Gasteiger partial charge in [0.15, 0.2) is 0 Å². The molecule has 0 saturated heterocycles. The van der Waals surface area contributed by atoms with Crippen molar-refractivity contribution in [3.8, 4) is 11.5 Å². The number of benzene rings is 1. The topological polar surface area (TPSA) is 89.4 Å². The Kier molecular flexibility index (Phi) is 3.20. The lowest BCUT2D eigenvalue weighted by Crippen LogP contribution is -2.15. The number of aliphatic carboxylic acids is 1. The minimum absolute atomic E-state index is 0.127. The number of carbonyl (C=O) groups is 1. The molecule has 1 heterocycles. The molecule has 0 aliphatic carbocycles. The van der Waals surface area contributed by atoms with Crippen molar-refractivity contribution in [2.24, 2.45) is 5.73 Å². The van der Waals surface area contributed by atoms with Gasteiger partial charge in [-0.25, -0.2) is 4.98 Å². The van der Waals surface area contributed by atoms with Crippen LogP contribution in [-0.4, -0.2) is 16.1 Å².